The SMILES string of the molecule is Cc1ccc(-c2cc(F)ccc2C)c(C(=O)O)c1. The molecule has 0 aliphatic heterocycles. The number of hydrogen-bond acceptors (Lipinski definition) is 1. The van der Waals surface area contributed by atoms with Crippen molar-refractivity contribution in [3.8, 4) is 11.1 Å². The van der Waals surface area contributed by atoms with Crippen LogP contribution in [0.2, 0.25) is 0 Å². The van der Waals surface area contributed by atoms with E-state index in [2.05, 4.69) is 0 Å². The van der Waals surface area contributed by atoms with Crippen molar-refractivity contribution in [1.82, 2.24) is 0 Å². The molecular weight excluding hydrogens is 231 g/mol. The highest BCUT2D eigenvalue weighted by molar-refractivity contribution is 5.96. The Hall–Kier alpha value is -2.16. The van der Waals surface area contributed by atoms with Gasteiger partial charge in [0.05, 0.1) is 5.56 Å². The van der Waals surface area contributed by atoms with Gasteiger partial charge in [0.2, 0.25) is 0 Å². The number of carboxylic acids is 1. The molecule has 0 saturated heterocycles. The van der Waals surface area contributed by atoms with Crippen LogP contribution in [0.3, 0.4) is 0 Å². The van der Waals surface area contributed by atoms with Crippen LogP contribution in [0.15, 0.2) is 36.4 Å². The van der Waals surface area contributed by atoms with Crippen molar-refractivity contribution >= 4 is 5.97 Å². The fraction of sp³-hybridized carbons (Fsp3) is 0.133. The van der Waals surface area contributed by atoms with Crippen molar-refractivity contribution in [3.63, 3.8) is 0 Å². The van der Waals surface area contributed by atoms with Crippen LogP contribution in [0.25, 0.3) is 11.1 Å². The largest absolute Gasteiger partial charge is 0.478 e. The normalized spacial score (nSPS) is 10.4. The molecule has 0 aliphatic carbocycles. The summed E-state index contributed by atoms with van der Waals surface area (Å²) in [5.41, 5.74) is 3.08. The molecular formula is C15H13FO2. The van der Waals surface area contributed by atoms with Crippen LogP contribution >= 0.6 is 0 Å². The summed E-state index contributed by atoms with van der Waals surface area (Å²) in [4.78, 5) is 11.2. The summed E-state index contributed by atoms with van der Waals surface area (Å²) in [7, 11) is 0. The van der Waals surface area contributed by atoms with Crippen molar-refractivity contribution < 1.29 is 14.3 Å². The Morgan fingerprint density at radius 1 is 1.06 bits per heavy atom. The van der Waals surface area contributed by atoms with Crippen LogP contribution < -0.4 is 0 Å². The molecule has 92 valence electrons. The van der Waals surface area contributed by atoms with Gasteiger partial charge in [0.25, 0.3) is 0 Å². The number of benzene rings is 2. The maximum Gasteiger partial charge on any atom is 0.336 e. The summed E-state index contributed by atoms with van der Waals surface area (Å²) < 4.78 is 13.3. The summed E-state index contributed by atoms with van der Waals surface area (Å²) in [6.07, 6.45) is 0. The second-order valence-corrected chi connectivity index (χ2v) is 4.31. The highest BCUT2D eigenvalue weighted by Crippen LogP contribution is 2.28. The molecule has 0 radical (unpaired) electrons. The summed E-state index contributed by atoms with van der Waals surface area (Å²) in [6, 6.07) is 9.53. The molecule has 0 spiro atoms. The van der Waals surface area contributed by atoms with Crippen molar-refractivity contribution in [1.29, 1.82) is 0 Å². The van der Waals surface area contributed by atoms with Crippen LogP contribution in [0.5, 0.6) is 0 Å². The van der Waals surface area contributed by atoms with Gasteiger partial charge in [-0.2, -0.15) is 0 Å². The van der Waals surface area contributed by atoms with Gasteiger partial charge < -0.3 is 5.11 Å². The Labute approximate surface area is 105 Å². The smallest absolute Gasteiger partial charge is 0.336 e. The van der Waals surface area contributed by atoms with Gasteiger partial charge in [-0.15, -0.1) is 0 Å². The van der Waals surface area contributed by atoms with Crippen LogP contribution in [0.1, 0.15) is 21.5 Å². The number of carbonyl (C=O) groups is 1. The van der Waals surface area contributed by atoms with Crippen LogP contribution in [0, 0.1) is 19.7 Å². The number of rotatable bonds is 2. The van der Waals surface area contributed by atoms with Gasteiger partial charge in [0.15, 0.2) is 0 Å². The van der Waals surface area contributed by atoms with E-state index in [-0.39, 0.29) is 11.4 Å². The van der Waals surface area contributed by atoms with Gasteiger partial charge in [-0.05, 0) is 48.7 Å². The van der Waals surface area contributed by atoms with Crippen LogP contribution in [0.4, 0.5) is 4.39 Å². The van der Waals surface area contributed by atoms with Gasteiger partial charge in [0.1, 0.15) is 5.82 Å². The molecule has 0 fully saturated rings. The molecule has 0 aliphatic rings. The second-order valence-electron chi connectivity index (χ2n) is 4.31. The monoisotopic (exact) mass is 244 g/mol. The first-order valence-electron chi connectivity index (χ1n) is 5.59. The van der Waals surface area contributed by atoms with Gasteiger partial charge in [-0.3, -0.25) is 0 Å². The third kappa shape index (κ3) is 2.25. The predicted octanol–water partition coefficient (Wildman–Crippen LogP) is 3.81. The van der Waals surface area contributed by atoms with E-state index in [1.807, 2.05) is 19.9 Å². The lowest BCUT2D eigenvalue weighted by Gasteiger charge is -2.10. The van der Waals surface area contributed by atoms with Crippen molar-refractivity contribution in [2.24, 2.45) is 0 Å². The third-order valence-corrected chi connectivity index (χ3v) is 2.90. The molecule has 0 aromatic heterocycles. The van der Waals surface area contributed by atoms with E-state index >= 15 is 0 Å². The summed E-state index contributed by atoms with van der Waals surface area (Å²) in [5, 5.41) is 9.22. The molecule has 0 unspecified atom stereocenters. The molecule has 0 heterocycles. The fourth-order valence-electron chi connectivity index (χ4n) is 1.95. The molecule has 2 aromatic carbocycles. The van der Waals surface area contributed by atoms with Gasteiger partial charge in [-0.25, -0.2) is 9.18 Å². The van der Waals surface area contributed by atoms with Crippen LogP contribution in [-0.2, 0) is 0 Å². The molecule has 2 aromatic rings. The van der Waals surface area contributed by atoms with Gasteiger partial charge in [0, 0.05) is 0 Å². The zero-order valence-electron chi connectivity index (χ0n) is 10.2. The first-order chi connectivity index (χ1) is 8.49. The van der Waals surface area contributed by atoms with E-state index in [0.717, 1.165) is 11.1 Å². The topological polar surface area (TPSA) is 37.3 Å². The van der Waals surface area contributed by atoms with E-state index in [1.54, 1.807) is 18.2 Å². The molecule has 2 rings (SSSR count). The first-order valence-corrected chi connectivity index (χ1v) is 5.59. The quantitative estimate of drug-likeness (QED) is 0.872. The number of carboxylic acid groups (broad SMARTS) is 1. The molecule has 0 atom stereocenters. The Bertz CT molecular complexity index is 618. The number of aromatic carboxylic acids is 1. The van der Waals surface area contributed by atoms with Gasteiger partial charge in [-0.1, -0.05) is 23.8 Å². The molecule has 0 amide bonds. The van der Waals surface area contributed by atoms with Crippen molar-refractivity contribution in [2.75, 3.05) is 0 Å². The minimum atomic E-state index is -1.00. The zero-order valence-corrected chi connectivity index (χ0v) is 10.2. The predicted molar refractivity (Wildman–Crippen MR) is 68.3 cm³/mol. The maximum absolute atomic E-state index is 13.3. The fourth-order valence-corrected chi connectivity index (χ4v) is 1.95. The molecule has 2 nitrogen and oxygen atoms in total. The average molecular weight is 244 g/mol. The van der Waals surface area contributed by atoms with Crippen LogP contribution in [-0.4, -0.2) is 11.1 Å². The standard InChI is InChI=1S/C15H13FO2/c1-9-3-6-12(14(7-9)15(17)18)13-8-11(16)5-4-10(13)2/h3-8H,1-2H3,(H,17,18). The first kappa shape index (κ1) is 12.3. The van der Waals surface area contributed by atoms with E-state index < -0.39 is 5.97 Å². The number of aryl methyl sites for hydroxylation is 2. The van der Waals surface area contributed by atoms with Crippen molar-refractivity contribution in [2.45, 2.75) is 13.8 Å². The minimum absolute atomic E-state index is 0.198. The average Bonchev–Trinajstić information content (AvgIpc) is 2.32. The van der Waals surface area contributed by atoms with E-state index in [1.165, 1.54) is 12.1 Å². The zero-order chi connectivity index (χ0) is 13.3. The molecule has 0 bridgehead atoms. The minimum Gasteiger partial charge on any atom is -0.478 e. The number of halogens is 1. The van der Waals surface area contributed by atoms with Crippen molar-refractivity contribution in [3.05, 3.63) is 58.9 Å². The Morgan fingerprint density at radius 2 is 1.78 bits per heavy atom. The highest BCUT2D eigenvalue weighted by Gasteiger charge is 2.14. The summed E-state index contributed by atoms with van der Waals surface area (Å²) in [6.45, 7) is 3.66. The molecule has 3 heteroatoms. The summed E-state index contributed by atoms with van der Waals surface area (Å²) in [5.74, 6) is -1.37. The second kappa shape index (κ2) is 4.61. The maximum atomic E-state index is 13.3. The lowest BCUT2D eigenvalue weighted by Crippen LogP contribution is -2.01. The molecule has 1 N–H and O–H groups in total. The van der Waals surface area contributed by atoms with Gasteiger partial charge >= 0.3 is 5.97 Å². The Morgan fingerprint density at radius 3 is 2.44 bits per heavy atom. The van der Waals surface area contributed by atoms with E-state index in [0.29, 0.717) is 11.1 Å². The highest BCUT2D eigenvalue weighted by atomic mass is 19.1. The summed E-state index contributed by atoms with van der Waals surface area (Å²) >= 11 is 0. The Kier molecular flexibility index (Phi) is 3.15. The Balaban J connectivity index is 2.70. The lowest BCUT2D eigenvalue weighted by atomic mass is 9.94. The number of hydrogen-bond donors (Lipinski definition) is 1. The van der Waals surface area contributed by atoms with E-state index in [4.69, 9.17) is 0 Å². The molecule has 18 heavy (non-hydrogen) atoms. The molecule has 0 saturated carbocycles. The lowest BCUT2D eigenvalue weighted by molar-refractivity contribution is 0.0697. The van der Waals surface area contributed by atoms with E-state index in [9.17, 15) is 14.3 Å². The third-order valence-electron chi connectivity index (χ3n) is 2.90.